The molecule has 0 bridgehead atoms. The zero-order valence-corrected chi connectivity index (χ0v) is 27.2. The molecular weight excluding hydrogens is 588 g/mol. The molecule has 0 atom stereocenters. The smallest absolute Gasteiger partial charge is 0.232 e. The number of unbranched alkanes of at least 4 members (excludes halogenated alkanes) is 12. The summed E-state index contributed by atoms with van der Waals surface area (Å²) in [6.07, 6.45) is 15.4. The van der Waals surface area contributed by atoms with Gasteiger partial charge in [-0.05, 0) is 31.0 Å². The van der Waals surface area contributed by atoms with Gasteiger partial charge in [-0.3, -0.25) is 0 Å². The van der Waals surface area contributed by atoms with Gasteiger partial charge in [-0.2, -0.15) is 0 Å². The van der Waals surface area contributed by atoms with Crippen molar-refractivity contribution in [2.24, 2.45) is 0 Å². The summed E-state index contributed by atoms with van der Waals surface area (Å²) in [4.78, 5) is 0. The third-order valence-corrected chi connectivity index (χ3v) is 9.19. The highest BCUT2D eigenvalue weighted by molar-refractivity contribution is 8.13. The van der Waals surface area contributed by atoms with Gasteiger partial charge in [0.05, 0.1) is 22.9 Å². The molecule has 5 nitrogen and oxygen atoms in total. The van der Waals surface area contributed by atoms with Crippen LogP contribution >= 0.6 is 10.7 Å². The fourth-order valence-corrected chi connectivity index (χ4v) is 6.28. The second-order valence-corrected chi connectivity index (χ2v) is 15.3. The van der Waals surface area contributed by atoms with Crippen molar-refractivity contribution in [1.29, 1.82) is 0 Å². The Hall–Kier alpha value is -1.71. The minimum Gasteiger partial charge on any atom is -0.396 e. The Morgan fingerprint density at radius 2 is 1.02 bits per heavy atom. The lowest BCUT2D eigenvalue weighted by atomic mass is 10.1. The predicted molar refractivity (Wildman–Crippen MR) is 170 cm³/mol. The van der Waals surface area contributed by atoms with Crippen molar-refractivity contribution in [1.82, 2.24) is 0 Å². The summed E-state index contributed by atoms with van der Waals surface area (Å²) >= 11 is 0. The molecule has 0 amide bonds. The number of nitrogen functional groups attached to an aromatic ring is 1. The fraction of sp³-hybridized carbons (Fsp3) is 0.613. The first-order chi connectivity index (χ1) is 19.4. The van der Waals surface area contributed by atoms with E-state index in [1.165, 1.54) is 75.6 Å². The van der Waals surface area contributed by atoms with Crippen molar-refractivity contribution in [3.05, 3.63) is 65.7 Å². The number of benzene rings is 2. The van der Waals surface area contributed by atoms with Gasteiger partial charge in [-0.1, -0.05) is 121 Å². The molecule has 2 rings (SSSR count). The second-order valence-electron chi connectivity index (χ2n) is 10.2. The zero-order valence-electron chi connectivity index (χ0n) is 24.8. The first kappa shape index (κ1) is 39.3. The van der Waals surface area contributed by atoms with Crippen LogP contribution in [0.1, 0.15) is 109 Å². The molecule has 2 aromatic carbocycles. The number of halogens is 3. The Labute approximate surface area is 252 Å². The summed E-state index contributed by atoms with van der Waals surface area (Å²) in [6.45, 7) is 4.36. The summed E-state index contributed by atoms with van der Waals surface area (Å²) < 4.78 is 70.5. The van der Waals surface area contributed by atoms with E-state index in [0.717, 1.165) is 25.7 Å². The molecule has 0 heterocycles. The minimum atomic E-state index is -3.25. The van der Waals surface area contributed by atoms with E-state index in [2.05, 4.69) is 13.8 Å². The van der Waals surface area contributed by atoms with Crippen LogP contribution in [0.15, 0.2) is 48.5 Å². The van der Waals surface area contributed by atoms with E-state index in [1.54, 1.807) is 24.3 Å². The molecule has 41 heavy (non-hydrogen) atoms. The molecule has 0 aliphatic heterocycles. The van der Waals surface area contributed by atoms with Crippen LogP contribution in [0.5, 0.6) is 0 Å². The van der Waals surface area contributed by atoms with Crippen LogP contribution in [-0.2, 0) is 24.6 Å². The van der Waals surface area contributed by atoms with Gasteiger partial charge < -0.3 is 5.73 Å². The average Bonchev–Trinajstić information content (AvgIpc) is 2.91. The molecule has 0 saturated carbocycles. The van der Waals surface area contributed by atoms with Crippen LogP contribution in [0.25, 0.3) is 0 Å². The van der Waals surface area contributed by atoms with Gasteiger partial charge in [0.2, 0.25) is 9.05 Å². The molecule has 0 radical (unpaired) electrons. The monoisotopic (exact) mass is 637 g/mol. The Kier molecular flexibility index (Phi) is 22.8. The minimum absolute atomic E-state index is 0.127. The van der Waals surface area contributed by atoms with E-state index in [0.29, 0.717) is 12.8 Å². The predicted octanol–water partition coefficient (Wildman–Crippen LogP) is 9.20. The highest BCUT2D eigenvalue weighted by atomic mass is 35.7. The maximum absolute atomic E-state index is 13.4. The second kappa shape index (κ2) is 23.8. The third-order valence-electron chi connectivity index (χ3n) is 6.29. The largest absolute Gasteiger partial charge is 0.396 e. The van der Waals surface area contributed by atoms with Crippen LogP contribution in [0.2, 0.25) is 0 Å². The van der Waals surface area contributed by atoms with Gasteiger partial charge in [0.1, 0.15) is 11.6 Å². The van der Waals surface area contributed by atoms with Crippen LogP contribution < -0.4 is 5.73 Å². The van der Waals surface area contributed by atoms with Crippen LogP contribution in [0, 0.1) is 11.6 Å². The third kappa shape index (κ3) is 24.6. The van der Waals surface area contributed by atoms with E-state index in [4.69, 9.17) is 16.4 Å². The Morgan fingerprint density at radius 3 is 1.44 bits per heavy atom. The Balaban J connectivity index is 0.000000649. The topological polar surface area (TPSA) is 94.3 Å². The molecule has 0 unspecified atom stereocenters. The molecule has 10 heteroatoms. The number of hydrogen-bond acceptors (Lipinski definition) is 5. The highest BCUT2D eigenvalue weighted by Gasteiger charge is 2.14. The fourth-order valence-electron chi connectivity index (χ4n) is 3.91. The van der Waals surface area contributed by atoms with Crippen molar-refractivity contribution in [2.45, 2.75) is 109 Å². The van der Waals surface area contributed by atoms with Crippen molar-refractivity contribution < 1.29 is 25.6 Å². The van der Waals surface area contributed by atoms with E-state index < -0.39 is 24.7 Å². The van der Waals surface area contributed by atoms with Crippen LogP contribution in [0.4, 0.5) is 14.5 Å². The molecule has 0 aromatic heterocycles. The number of sulfone groups is 1. The standard InChI is InChI=1S/C16H25FO2S.C9H19ClO2S.C6H6FN/c1-2-3-4-5-6-7-10-13-20(18,19)14-15-11-8-9-12-16(15)17;1-2-3-4-5-6-7-8-9-13(10,11)12;7-5-3-1-2-4-6(5)8/h8-9,11-12H,2-7,10,13-14H2,1H3;2-9H2,1H3;1-4H,8H2. The van der Waals surface area contributed by atoms with E-state index in [9.17, 15) is 25.6 Å². The van der Waals surface area contributed by atoms with Crippen molar-refractivity contribution in [3.8, 4) is 0 Å². The Morgan fingerprint density at radius 1 is 0.610 bits per heavy atom. The molecule has 0 fully saturated rings. The summed E-state index contributed by atoms with van der Waals surface area (Å²) in [7, 11) is -1.38. The number of para-hydroxylation sites is 1. The molecule has 0 spiro atoms. The lowest BCUT2D eigenvalue weighted by molar-refractivity contribution is 0.574. The maximum Gasteiger partial charge on any atom is 0.232 e. The quantitative estimate of drug-likeness (QED) is 0.0999. The van der Waals surface area contributed by atoms with Gasteiger partial charge in [0.25, 0.3) is 0 Å². The van der Waals surface area contributed by atoms with Gasteiger partial charge in [-0.15, -0.1) is 0 Å². The first-order valence-corrected chi connectivity index (χ1v) is 19.1. The normalized spacial score (nSPS) is 11.2. The van der Waals surface area contributed by atoms with E-state index in [1.807, 2.05) is 0 Å². The number of rotatable bonds is 18. The molecule has 2 aromatic rings. The zero-order chi connectivity index (χ0) is 31.0. The highest BCUT2D eigenvalue weighted by Crippen LogP contribution is 2.14. The van der Waals surface area contributed by atoms with Crippen LogP contribution in [-0.4, -0.2) is 28.3 Å². The lowest BCUT2D eigenvalue weighted by Crippen LogP contribution is -2.10. The van der Waals surface area contributed by atoms with Gasteiger partial charge in [0.15, 0.2) is 9.84 Å². The molecule has 0 aliphatic carbocycles. The average molecular weight is 638 g/mol. The van der Waals surface area contributed by atoms with E-state index in [-0.39, 0.29) is 34.3 Å². The number of anilines is 1. The molecule has 2 N–H and O–H groups in total. The van der Waals surface area contributed by atoms with Crippen LogP contribution in [0.3, 0.4) is 0 Å². The molecule has 0 saturated heterocycles. The van der Waals surface area contributed by atoms with Crippen molar-refractivity contribution in [3.63, 3.8) is 0 Å². The SMILES string of the molecule is CCCCCCCCCS(=O)(=O)Cc1ccccc1F.CCCCCCCCCS(=O)(=O)Cl.Nc1ccccc1F. The number of hydrogen-bond donors (Lipinski definition) is 1. The van der Waals surface area contributed by atoms with Gasteiger partial charge in [-0.25, -0.2) is 25.6 Å². The summed E-state index contributed by atoms with van der Waals surface area (Å²) in [6, 6.07) is 12.2. The first-order valence-electron chi connectivity index (χ1n) is 14.8. The Bertz CT molecular complexity index is 1130. The van der Waals surface area contributed by atoms with Crippen molar-refractivity contribution in [2.75, 3.05) is 17.2 Å². The number of nitrogens with two attached hydrogens (primary N) is 1. The molecule has 0 aliphatic rings. The lowest BCUT2D eigenvalue weighted by Gasteiger charge is -2.05. The van der Waals surface area contributed by atoms with E-state index >= 15 is 0 Å². The van der Waals surface area contributed by atoms with Crippen molar-refractivity contribution >= 4 is 35.3 Å². The van der Waals surface area contributed by atoms with Gasteiger partial charge in [0, 0.05) is 16.2 Å². The summed E-state index contributed by atoms with van der Waals surface area (Å²) in [5.74, 6) is -0.685. The molecule has 236 valence electrons. The molecular formula is C31H50ClF2NO4S2. The maximum atomic E-state index is 13.4. The van der Waals surface area contributed by atoms with Gasteiger partial charge >= 0.3 is 0 Å². The summed E-state index contributed by atoms with van der Waals surface area (Å²) in [5.41, 5.74) is 5.62. The summed E-state index contributed by atoms with van der Waals surface area (Å²) in [5, 5.41) is 0.